The minimum Gasteiger partial charge on any atom is -0.477 e. The molecule has 2 nitrogen and oxygen atoms in total. The zero-order valence-electron chi connectivity index (χ0n) is 8.06. The lowest BCUT2D eigenvalue weighted by atomic mass is 10.1. The Morgan fingerprint density at radius 2 is 2.13 bits per heavy atom. The van der Waals surface area contributed by atoms with Gasteiger partial charge in [0.15, 0.2) is 0 Å². The molecule has 2 rings (SSSR count). The average Bonchev–Trinajstić information content (AvgIpc) is 2.16. The number of rotatable bonds is 0. The monoisotopic (exact) mass is 217 g/mol. The maximum atomic E-state index is 12.4. The van der Waals surface area contributed by atoms with E-state index in [4.69, 9.17) is 4.74 Å². The van der Waals surface area contributed by atoms with Crippen LogP contribution in [-0.2, 0) is 0 Å². The maximum absolute atomic E-state index is 12.4. The van der Waals surface area contributed by atoms with E-state index in [1.165, 1.54) is 6.07 Å². The molecule has 15 heavy (non-hydrogen) atoms. The number of hydrogen-bond acceptors (Lipinski definition) is 2. The third-order valence-corrected chi connectivity index (χ3v) is 2.33. The van der Waals surface area contributed by atoms with Gasteiger partial charge in [0.05, 0.1) is 12.2 Å². The Morgan fingerprint density at radius 3 is 2.80 bits per heavy atom. The van der Waals surface area contributed by atoms with Gasteiger partial charge in [-0.25, -0.2) is 0 Å². The van der Waals surface area contributed by atoms with Crippen LogP contribution in [0, 0.1) is 6.92 Å². The van der Waals surface area contributed by atoms with Gasteiger partial charge in [0.2, 0.25) is 6.10 Å². The van der Waals surface area contributed by atoms with Crippen molar-refractivity contribution in [2.75, 3.05) is 11.9 Å². The van der Waals surface area contributed by atoms with Crippen molar-refractivity contribution in [3.05, 3.63) is 23.8 Å². The summed E-state index contributed by atoms with van der Waals surface area (Å²) >= 11 is 0. The van der Waals surface area contributed by atoms with Gasteiger partial charge in [-0.3, -0.25) is 0 Å². The number of fused-ring (bicyclic) bond motifs is 1. The van der Waals surface area contributed by atoms with Crippen LogP contribution in [0.1, 0.15) is 5.56 Å². The molecule has 1 heterocycles. The Bertz CT molecular complexity index is 375. The Morgan fingerprint density at radius 1 is 1.40 bits per heavy atom. The zero-order valence-corrected chi connectivity index (χ0v) is 8.06. The molecule has 5 heteroatoms. The molecule has 0 fully saturated rings. The molecule has 1 aromatic rings. The number of nitrogens with one attached hydrogen (secondary N) is 1. The van der Waals surface area contributed by atoms with Crippen molar-refractivity contribution in [2.45, 2.75) is 19.2 Å². The van der Waals surface area contributed by atoms with E-state index in [2.05, 4.69) is 5.32 Å². The molecule has 1 aromatic carbocycles. The third kappa shape index (κ3) is 1.86. The van der Waals surface area contributed by atoms with Crippen molar-refractivity contribution in [3.63, 3.8) is 0 Å². The number of alkyl halides is 3. The summed E-state index contributed by atoms with van der Waals surface area (Å²) in [4.78, 5) is 0. The first-order valence-corrected chi connectivity index (χ1v) is 4.55. The molecule has 0 aliphatic carbocycles. The number of ether oxygens (including phenoxy) is 1. The molecule has 1 aliphatic rings. The van der Waals surface area contributed by atoms with Crippen LogP contribution in [0.25, 0.3) is 0 Å². The average molecular weight is 217 g/mol. The van der Waals surface area contributed by atoms with Crippen LogP contribution < -0.4 is 10.1 Å². The molecule has 1 unspecified atom stereocenters. The van der Waals surface area contributed by atoms with Crippen LogP contribution in [0.15, 0.2) is 18.2 Å². The van der Waals surface area contributed by atoms with Crippen molar-refractivity contribution < 1.29 is 17.9 Å². The number of halogens is 3. The first kappa shape index (κ1) is 10.1. The number of anilines is 1. The Hall–Kier alpha value is -1.39. The van der Waals surface area contributed by atoms with E-state index in [0.717, 1.165) is 5.56 Å². The maximum Gasteiger partial charge on any atom is 0.427 e. The van der Waals surface area contributed by atoms with Gasteiger partial charge in [-0.2, -0.15) is 13.2 Å². The van der Waals surface area contributed by atoms with E-state index in [9.17, 15) is 13.2 Å². The van der Waals surface area contributed by atoms with Crippen molar-refractivity contribution >= 4 is 5.69 Å². The van der Waals surface area contributed by atoms with E-state index in [1.807, 2.05) is 13.0 Å². The van der Waals surface area contributed by atoms with Crippen LogP contribution in [-0.4, -0.2) is 18.8 Å². The predicted molar refractivity (Wildman–Crippen MR) is 50.1 cm³/mol. The van der Waals surface area contributed by atoms with Crippen molar-refractivity contribution in [1.82, 2.24) is 0 Å². The Balaban J connectivity index is 2.28. The highest BCUT2D eigenvalue weighted by molar-refractivity contribution is 5.63. The highest BCUT2D eigenvalue weighted by atomic mass is 19.4. The minimum absolute atomic E-state index is 0.235. The SMILES string of the molecule is Cc1cccc2c1NCC(C(F)(F)F)O2. The molecular formula is C10H10F3NO. The van der Waals surface area contributed by atoms with Crippen LogP contribution in [0.4, 0.5) is 18.9 Å². The highest BCUT2D eigenvalue weighted by Crippen LogP contribution is 2.35. The second kappa shape index (κ2) is 3.32. The first-order valence-electron chi connectivity index (χ1n) is 4.55. The summed E-state index contributed by atoms with van der Waals surface area (Å²) in [5.74, 6) is 0.267. The number of benzene rings is 1. The normalized spacial score (nSPS) is 20.1. The van der Waals surface area contributed by atoms with Crippen molar-refractivity contribution in [3.8, 4) is 5.75 Å². The van der Waals surface area contributed by atoms with Gasteiger partial charge in [0, 0.05) is 0 Å². The van der Waals surface area contributed by atoms with Gasteiger partial charge in [0.1, 0.15) is 5.75 Å². The molecule has 82 valence electrons. The van der Waals surface area contributed by atoms with E-state index < -0.39 is 12.3 Å². The van der Waals surface area contributed by atoms with Crippen LogP contribution in [0.5, 0.6) is 5.75 Å². The molecule has 0 saturated heterocycles. The van der Waals surface area contributed by atoms with Gasteiger partial charge in [0.25, 0.3) is 0 Å². The molecule has 1 N–H and O–H groups in total. The smallest absolute Gasteiger partial charge is 0.427 e. The molecule has 0 amide bonds. The van der Waals surface area contributed by atoms with Crippen LogP contribution >= 0.6 is 0 Å². The van der Waals surface area contributed by atoms with Crippen LogP contribution in [0.3, 0.4) is 0 Å². The Labute approximate surface area is 85.0 Å². The minimum atomic E-state index is -4.32. The van der Waals surface area contributed by atoms with Gasteiger partial charge in [-0.15, -0.1) is 0 Å². The zero-order chi connectivity index (χ0) is 11.1. The Kier molecular flexibility index (Phi) is 2.25. The fraction of sp³-hybridized carbons (Fsp3) is 0.400. The summed E-state index contributed by atoms with van der Waals surface area (Å²) in [7, 11) is 0. The molecule has 1 atom stereocenters. The molecule has 0 aromatic heterocycles. The molecule has 0 bridgehead atoms. The predicted octanol–water partition coefficient (Wildman–Crippen LogP) is 2.73. The lowest BCUT2D eigenvalue weighted by Gasteiger charge is -2.29. The topological polar surface area (TPSA) is 21.3 Å². The fourth-order valence-electron chi connectivity index (χ4n) is 1.54. The summed E-state index contributed by atoms with van der Waals surface area (Å²) in [6, 6.07) is 5.03. The summed E-state index contributed by atoms with van der Waals surface area (Å²) in [6.07, 6.45) is -6.08. The fourth-order valence-corrected chi connectivity index (χ4v) is 1.54. The van der Waals surface area contributed by atoms with E-state index in [-0.39, 0.29) is 12.3 Å². The second-order valence-electron chi connectivity index (χ2n) is 3.48. The highest BCUT2D eigenvalue weighted by Gasteiger charge is 2.43. The van der Waals surface area contributed by atoms with E-state index in [0.29, 0.717) is 5.69 Å². The van der Waals surface area contributed by atoms with Gasteiger partial charge >= 0.3 is 6.18 Å². The standard InChI is InChI=1S/C10H10F3NO/c1-6-3-2-4-7-9(6)14-5-8(15-7)10(11,12)13/h2-4,8,14H,5H2,1H3. The van der Waals surface area contributed by atoms with Crippen LogP contribution in [0.2, 0.25) is 0 Å². The quantitative estimate of drug-likeness (QED) is 0.721. The van der Waals surface area contributed by atoms with Gasteiger partial charge < -0.3 is 10.1 Å². The summed E-state index contributed by atoms with van der Waals surface area (Å²) in [6.45, 7) is 1.59. The third-order valence-electron chi connectivity index (χ3n) is 2.33. The molecule has 0 saturated carbocycles. The lowest BCUT2D eigenvalue weighted by molar-refractivity contribution is -0.191. The van der Waals surface area contributed by atoms with Crippen molar-refractivity contribution in [1.29, 1.82) is 0 Å². The first-order chi connectivity index (χ1) is 6.98. The molecule has 0 radical (unpaired) electrons. The number of hydrogen-bond donors (Lipinski definition) is 1. The lowest BCUT2D eigenvalue weighted by Crippen LogP contribution is -2.42. The molecular weight excluding hydrogens is 207 g/mol. The molecule has 1 aliphatic heterocycles. The van der Waals surface area contributed by atoms with E-state index >= 15 is 0 Å². The van der Waals surface area contributed by atoms with Gasteiger partial charge in [-0.05, 0) is 18.6 Å². The number of para-hydroxylation sites is 1. The van der Waals surface area contributed by atoms with Crippen molar-refractivity contribution in [2.24, 2.45) is 0 Å². The summed E-state index contributed by atoms with van der Waals surface area (Å²) in [5, 5.41) is 2.74. The van der Waals surface area contributed by atoms with Gasteiger partial charge in [-0.1, -0.05) is 12.1 Å². The number of aryl methyl sites for hydroxylation is 1. The summed E-state index contributed by atoms with van der Waals surface area (Å²) in [5.41, 5.74) is 1.53. The largest absolute Gasteiger partial charge is 0.477 e. The van der Waals surface area contributed by atoms with E-state index in [1.54, 1.807) is 6.07 Å². The molecule has 0 spiro atoms. The summed E-state index contributed by atoms with van der Waals surface area (Å²) < 4.78 is 42.0. The second-order valence-corrected chi connectivity index (χ2v) is 3.48.